The van der Waals surface area contributed by atoms with E-state index in [2.05, 4.69) is 9.55 Å². The molecule has 0 radical (unpaired) electrons. The summed E-state index contributed by atoms with van der Waals surface area (Å²) in [6.07, 6.45) is 6.08. The summed E-state index contributed by atoms with van der Waals surface area (Å²) in [5, 5.41) is 0.375. The predicted molar refractivity (Wildman–Crippen MR) is 62.0 cm³/mol. The van der Waals surface area contributed by atoms with Crippen molar-refractivity contribution in [3.63, 3.8) is 0 Å². The second-order valence-corrected chi connectivity index (χ2v) is 5.44. The fourth-order valence-electron chi connectivity index (χ4n) is 1.79. The number of aryl methyl sites for hydroxylation is 2. The number of imidazole rings is 1. The zero-order chi connectivity index (χ0) is 9.97. The van der Waals surface area contributed by atoms with Crippen molar-refractivity contribution in [2.45, 2.75) is 18.2 Å². The van der Waals surface area contributed by atoms with Crippen LogP contribution in [0.15, 0.2) is 12.4 Å². The Morgan fingerprint density at radius 2 is 2.50 bits per heavy atom. The molecule has 1 aromatic rings. The Kier molecular flexibility index (Phi) is 3.39. The Labute approximate surface area is 94.0 Å². The molecule has 14 heavy (non-hydrogen) atoms. The number of hydrogen-bond acceptors (Lipinski definition) is 2. The van der Waals surface area contributed by atoms with Gasteiger partial charge in [-0.15, -0.1) is 11.6 Å². The third-order valence-corrected chi connectivity index (χ3v) is 4.73. The number of aromatic nitrogens is 2. The van der Waals surface area contributed by atoms with Gasteiger partial charge in [0.05, 0.1) is 0 Å². The molecular weight excluding hydrogens is 216 g/mol. The van der Waals surface area contributed by atoms with E-state index in [1.165, 1.54) is 18.0 Å². The van der Waals surface area contributed by atoms with Gasteiger partial charge in [0.1, 0.15) is 5.82 Å². The zero-order valence-electron chi connectivity index (χ0n) is 8.32. The third kappa shape index (κ3) is 2.26. The van der Waals surface area contributed by atoms with Crippen LogP contribution in [0.3, 0.4) is 0 Å². The van der Waals surface area contributed by atoms with E-state index in [0.717, 1.165) is 12.2 Å². The fourth-order valence-corrected chi connectivity index (χ4v) is 3.71. The topological polar surface area (TPSA) is 17.8 Å². The SMILES string of the molecule is Cn1ccnc1CCC1CSCC1Cl. The minimum Gasteiger partial charge on any atom is -0.338 e. The summed E-state index contributed by atoms with van der Waals surface area (Å²) in [7, 11) is 2.05. The number of thioether (sulfide) groups is 1. The number of rotatable bonds is 3. The van der Waals surface area contributed by atoms with E-state index < -0.39 is 0 Å². The molecule has 1 saturated heterocycles. The van der Waals surface area contributed by atoms with Crippen molar-refractivity contribution < 1.29 is 0 Å². The molecule has 0 bridgehead atoms. The van der Waals surface area contributed by atoms with Crippen LogP contribution in [0.25, 0.3) is 0 Å². The van der Waals surface area contributed by atoms with Crippen LogP contribution in [-0.2, 0) is 13.5 Å². The normalized spacial score (nSPS) is 27.0. The van der Waals surface area contributed by atoms with Gasteiger partial charge in [0.25, 0.3) is 0 Å². The smallest absolute Gasteiger partial charge is 0.108 e. The molecule has 2 heterocycles. The van der Waals surface area contributed by atoms with Gasteiger partial charge in [-0.1, -0.05) is 0 Å². The lowest BCUT2D eigenvalue weighted by Gasteiger charge is -2.11. The molecule has 0 spiro atoms. The highest BCUT2D eigenvalue weighted by Crippen LogP contribution is 2.31. The second kappa shape index (κ2) is 4.58. The Bertz CT molecular complexity index is 300. The maximum atomic E-state index is 6.21. The van der Waals surface area contributed by atoms with Crippen LogP contribution >= 0.6 is 23.4 Å². The van der Waals surface area contributed by atoms with Gasteiger partial charge < -0.3 is 4.57 Å². The lowest BCUT2D eigenvalue weighted by Crippen LogP contribution is -2.13. The van der Waals surface area contributed by atoms with E-state index in [9.17, 15) is 0 Å². The van der Waals surface area contributed by atoms with E-state index in [1.807, 2.05) is 31.2 Å². The molecule has 0 aromatic carbocycles. The molecule has 2 atom stereocenters. The molecule has 4 heteroatoms. The average Bonchev–Trinajstić information content (AvgIpc) is 2.72. The monoisotopic (exact) mass is 230 g/mol. The summed E-state index contributed by atoms with van der Waals surface area (Å²) in [6.45, 7) is 0. The molecule has 1 fully saturated rings. The van der Waals surface area contributed by atoms with E-state index in [-0.39, 0.29) is 0 Å². The number of nitrogens with zero attached hydrogens (tertiary/aromatic N) is 2. The molecule has 78 valence electrons. The Balaban J connectivity index is 1.85. The fraction of sp³-hybridized carbons (Fsp3) is 0.700. The highest BCUT2D eigenvalue weighted by molar-refractivity contribution is 7.99. The van der Waals surface area contributed by atoms with Crippen molar-refractivity contribution in [1.29, 1.82) is 0 Å². The Morgan fingerprint density at radius 3 is 3.07 bits per heavy atom. The van der Waals surface area contributed by atoms with Gasteiger partial charge >= 0.3 is 0 Å². The van der Waals surface area contributed by atoms with Crippen molar-refractivity contribution >= 4 is 23.4 Å². The van der Waals surface area contributed by atoms with Crippen LogP contribution in [-0.4, -0.2) is 26.4 Å². The van der Waals surface area contributed by atoms with Crippen LogP contribution in [0.5, 0.6) is 0 Å². The van der Waals surface area contributed by atoms with E-state index >= 15 is 0 Å². The first-order chi connectivity index (χ1) is 6.77. The number of alkyl halides is 1. The first kappa shape index (κ1) is 10.4. The molecule has 2 rings (SSSR count). The molecule has 1 aliphatic heterocycles. The second-order valence-electron chi connectivity index (χ2n) is 3.81. The van der Waals surface area contributed by atoms with Crippen molar-refractivity contribution in [1.82, 2.24) is 9.55 Å². The highest BCUT2D eigenvalue weighted by atomic mass is 35.5. The zero-order valence-corrected chi connectivity index (χ0v) is 9.89. The summed E-state index contributed by atoms with van der Waals surface area (Å²) >= 11 is 8.18. The molecule has 0 aliphatic carbocycles. The lowest BCUT2D eigenvalue weighted by molar-refractivity contribution is 0.537. The molecule has 1 aliphatic rings. The number of halogens is 1. The Hall–Kier alpha value is -0.150. The van der Waals surface area contributed by atoms with Gasteiger partial charge in [-0.25, -0.2) is 4.98 Å². The van der Waals surface area contributed by atoms with Gasteiger partial charge in [0.2, 0.25) is 0 Å². The van der Waals surface area contributed by atoms with Crippen molar-refractivity contribution in [3.05, 3.63) is 18.2 Å². The van der Waals surface area contributed by atoms with E-state index in [1.54, 1.807) is 0 Å². The van der Waals surface area contributed by atoms with Crippen molar-refractivity contribution in [2.75, 3.05) is 11.5 Å². The predicted octanol–water partition coefficient (Wildman–Crippen LogP) is 2.32. The van der Waals surface area contributed by atoms with Gasteiger partial charge in [0, 0.05) is 37.0 Å². The summed E-state index contributed by atoms with van der Waals surface area (Å²) < 4.78 is 2.09. The third-order valence-electron chi connectivity index (χ3n) is 2.78. The van der Waals surface area contributed by atoms with Gasteiger partial charge in [-0.3, -0.25) is 0 Å². The van der Waals surface area contributed by atoms with Crippen LogP contribution < -0.4 is 0 Å². The summed E-state index contributed by atoms with van der Waals surface area (Å²) in [4.78, 5) is 4.31. The summed E-state index contributed by atoms with van der Waals surface area (Å²) in [6, 6.07) is 0. The molecule has 1 aromatic heterocycles. The van der Waals surface area contributed by atoms with E-state index in [4.69, 9.17) is 11.6 Å². The molecule has 0 N–H and O–H groups in total. The summed E-state index contributed by atoms with van der Waals surface area (Å²) in [5.74, 6) is 4.19. The van der Waals surface area contributed by atoms with E-state index in [0.29, 0.717) is 11.3 Å². The molecule has 2 nitrogen and oxygen atoms in total. The molecular formula is C10H15ClN2S. The quantitative estimate of drug-likeness (QED) is 0.742. The van der Waals surface area contributed by atoms with Crippen molar-refractivity contribution in [3.8, 4) is 0 Å². The molecule has 0 amide bonds. The minimum atomic E-state index is 0.375. The highest BCUT2D eigenvalue weighted by Gasteiger charge is 2.25. The minimum absolute atomic E-state index is 0.375. The van der Waals surface area contributed by atoms with Gasteiger partial charge in [-0.05, 0) is 18.1 Å². The van der Waals surface area contributed by atoms with Gasteiger partial charge in [-0.2, -0.15) is 11.8 Å². The van der Waals surface area contributed by atoms with Crippen LogP contribution in [0.4, 0.5) is 0 Å². The average molecular weight is 231 g/mol. The standard InChI is InChI=1S/C10H15ClN2S/c1-13-5-4-12-10(13)3-2-8-6-14-7-9(8)11/h4-5,8-9H,2-3,6-7H2,1H3. The summed E-state index contributed by atoms with van der Waals surface area (Å²) in [5.41, 5.74) is 0. The van der Waals surface area contributed by atoms with Crippen LogP contribution in [0, 0.1) is 5.92 Å². The first-order valence-corrected chi connectivity index (χ1v) is 6.54. The first-order valence-electron chi connectivity index (χ1n) is 4.95. The Morgan fingerprint density at radius 1 is 1.64 bits per heavy atom. The van der Waals surface area contributed by atoms with Crippen molar-refractivity contribution in [2.24, 2.45) is 13.0 Å². The van der Waals surface area contributed by atoms with Crippen LogP contribution in [0.1, 0.15) is 12.2 Å². The largest absolute Gasteiger partial charge is 0.338 e. The molecule has 0 saturated carbocycles. The lowest BCUT2D eigenvalue weighted by atomic mass is 10.0. The molecule has 2 unspecified atom stereocenters. The van der Waals surface area contributed by atoms with Crippen LogP contribution in [0.2, 0.25) is 0 Å². The maximum Gasteiger partial charge on any atom is 0.108 e. The van der Waals surface area contributed by atoms with Gasteiger partial charge in [0.15, 0.2) is 0 Å². The number of hydrogen-bond donors (Lipinski definition) is 0. The maximum absolute atomic E-state index is 6.21.